The van der Waals surface area contributed by atoms with E-state index in [1.807, 2.05) is 0 Å². The third kappa shape index (κ3) is 9.73. The zero-order chi connectivity index (χ0) is 11.5. The first-order chi connectivity index (χ1) is 7.20. The van der Waals surface area contributed by atoms with Crippen molar-refractivity contribution in [2.45, 2.75) is 52.4 Å². The van der Waals surface area contributed by atoms with Crippen molar-refractivity contribution in [2.75, 3.05) is 13.2 Å². The lowest BCUT2D eigenvalue weighted by Crippen LogP contribution is -2.07. The first-order valence-electron chi connectivity index (χ1n) is 6.00. The Bertz CT molecular complexity index is 153. The van der Waals surface area contributed by atoms with Gasteiger partial charge in [0.2, 0.25) is 0 Å². The molecule has 0 spiro atoms. The summed E-state index contributed by atoms with van der Waals surface area (Å²) in [5, 5.41) is 8.33. The van der Waals surface area contributed by atoms with E-state index in [0.29, 0.717) is 6.61 Å². The molecular weight excluding hydrogens is 192 g/mol. The van der Waals surface area contributed by atoms with Crippen LogP contribution in [0, 0.1) is 5.92 Å². The molecule has 0 unspecified atom stereocenters. The van der Waals surface area contributed by atoms with Gasteiger partial charge in [-0.05, 0) is 12.3 Å². The Balaban J connectivity index is 3.14. The Morgan fingerprint density at radius 2 is 1.87 bits per heavy atom. The van der Waals surface area contributed by atoms with Crippen molar-refractivity contribution in [1.82, 2.24) is 0 Å². The lowest BCUT2D eigenvalue weighted by molar-refractivity contribution is -0.142. The van der Waals surface area contributed by atoms with Gasteiger partial charge in [0.1, 0.15) is 6.61 Å². The highest BCUT2D eigenvalue weighted by Crippen LogP contribution is 2.16. The second-order valence-electron chi connectivity index (χ2n) is 3.98. The molecule has 15 heavy (non-hydrogen) atoms. The average molecular weight is 216 g/mol. The van der Waals surface area contributed by atoms with Gasteiger partial charge < -0.3 is 9.84 Å². The minimum Gasteiger partial charge on any atom is -0.480 e. The number of hydrogen-bond acceptors (Lipinski definition) is 2. The molecule has 3 nitrogen and oxygen atoms in total. The summed E-state index contributed by atoms with van der Waals surface area (Å²) in [6.07, 6.45) is 7.20. The zero-order valence-corrected chi connectivity index (χ0v) is 10.00. The molecule has 0 aliphatic heterocycles. The fourth-order valence-electron chi connectivity index (χ4n) is 1.67. The van der Waals surface area contributed by atoms with E-state index < -0.39 is 5.97 Å². The molecule has 0 aromatic rings. The van der Waals surface area contributed by atoms with Crippen LogP contribution in [0.5, 0.6) is 0 Å². The van der Waals surface area contributed by atoms with Gasteiger partial charge in [0, 0.05) is 6.61 Å². The number of carboxylic acids is 1. The average Bonchev–Trinajstić information content (AvgIpc) is 2.22. The Morgan fingerprint density at radius 3 is 2.40 bits per heavy atom. The maximum absolute atomic E-state index is 10.1. The predicted molar refractivity (Wildman–Crippen MR) is 61.0 cm³/mol. The highest BCUT2D eigenvalue weighted by atomic mass is 16.5. The molecule has 0 aliphatic carbocycles. The van der Waals surface area contributed by atoms with Crippen molar-refractivity contribution >= 4 is 5.97 Å². The minimum atomic E-state index is -0.882. The number of carboxylic acid groups (broad SMARTS) is 1. The summed E-state index contributed by atoms with van der Waals surface area (Å²) < 4.78 is 4.96. The number of hydrogen-bond donors (Lipinski definition) is 1. The van der Waals surface area contributed by atoms with Gasteiger partial charge in [-0.15, -0.1) is 0 Å². The molecule has 0 rings (SSSR count). The SMILES string of the molecule is CCC(CC)CCCCCOCC(=O)O. The van der Waals surface area contributed by atoms with Crippen molar-refractivity contribution in [3.8, 4) is 0 Å². The van der Waals surface area contributed by atoms with Crippen LogP contribution in [-0.4, -0.2) is 24.3 Å². The standard InChI is InChI=1S/C12H24O3/c1-3-11(4-2)8-6-5-7-9-15-10-12(13)14/h11H,3-10H2,1-2H3,(H,13,14). The van der Waals surface area contributed by atoms with Crippen molar-refractivity contribution in [1.29, 1.82) is 0 Å². The van der Waals surface area contributed by atoms with E-state index in [1.54, 1.807) is 0 Å². The van der Waals surface area contributed by atoms with Crippen molar-refractivity contribution < 1.29 is 14.6 Å². The summed E-state index contributed by atoms with van der Waals surface area (Å²) >= 11 is 0. The second kappa shape index (κ2) is 9.97. The Kier molecular flexibility index (Phi) is 9.59. The Labute approximate surface area is 92.8 Å². The molecule has 1 N–H and O–H groups in total. The van der Waals surface area contributed by atoms with Gasteiger partial charge >= 0.3 is 5.97 Å². The lowest BCUT2D eigenvalue weighted by Gasteiger charge is -2.11. The van der Waals surface area contributed by atoms with E-state index in [-0.39, 0.29) is 6.61 Å². The molecule has 0 bridgehead atoms. The molecule has 0 fully saturated rings. The van der Waals surface area contributed by atoms with E-state index in [1.165, 1.54) is 25.7 Å². The molecule has 0 amide bonds. The van der Waals surface area contributed by atoms with Crippen molar-refractivity contribution in [3.63, 3.8) is 0 Å². The summed E-state index contributed by atoms with van der Waals surface area (Å²) in [7, 11) is 0. The lowest BCUT2D eigenvalue weighted by atomic mass is 9.96. The van der Waals surface area contributed by atoms with Crippen LogP contribution in [0.25, 0.3) is 0 Å². The van der Waals surface area contributed by atoms with E-state index in [4.69, 9.17) is 9.84 Å². The predicted octanol–water partition coefficient (Wildman–Crippen LogP) is 3.08. The van der Waals surface area contributed by atoms with Gasteiger partial charge in [-0.1, -0.05) is 46.0 Å². The van der Waals surface area contributed by atoms with Gasteiger partial charge in [0.15, 0.2) is 0 Å². The van der Waals surface area contributed by atoms with Crippen LogP contribution in [-0.2, 0) is 9.53 Å². The molecule has 3 heteroatoms. The third-order valence-corrected chi connectivity index (χ3v) is 2.78. The smallest absolute Gasteiger partial charge is 0.329 e. The van der Waals surface area contributed by atoms with Crippen LogP contribution >= 0.6 is 0 Å². The fourth-order valence-corrected chi connectivity index (χ4v) is 1.67. The number of carbonyl (C=O) groups is 1. The zero-order valence-electron chi connectivity index (χ0n) is 10.00. The molecular formula is C12H24O3. The molecule has 0 saturated heterocycles. The fraction of sp³-hybridized carbons (Fsp3) is 0.917. The quantitative estimate of drug-likeness (QED) is 0.571. The molecule has 0 radical (unpaired) electrons. The largest absolute Gasteiger partial charge is 0.480 e. The van der Waals surface area contributed by atoms with Gasteiger partial charge in [-0.25, -0.2) is 4.79 Å². The topological polar surface area (TPSA) is 46.5 Å². The number of rotatable bonds is 10. The van der Waals surface area contributed by atoms with E-state index in [2.05, 4.69) is 13.8 Å². The van der Waals surface area contributed by atoms with Crippen LogP contribution in [0.15, 0.2) is 0 Å². The van der Waals surface area contributed by atoms with Gasteiger partial charge in [0.05, 0.1) is 0 Å². The molecule has 0 aromatic carbocycles. The van der Waals surface area contributed by atoms with Crippen LogP contribution in [0.3, 0.4) is 0 Å². The summed E-state index contributed by atoms with van der Waals surface area (Å²) in [6.45, 7) is 4.90. The Morgan fingerprint density at radius 1 is 1.20 bits per heavy atom. The van der Waals surface area contributed by atoms with Crippen LogP contribution in [0.1, 0.15) is 52.4 Å². The van der Waals surface area contributed by atoms with E-state index >= 15 is 0 Å². The monoisotopic (exact) mass is 216 g/mol. The van der Waals surface area contributed by atoms with Crippen LogP contribution < -0.4 is 0 Å². The van der Waals surface area contributed by atoms with Gasteiger partial charge in [0.25, 0.3) is 0 Å². The van der Waals surface area contributed by atoms with E-state index in [9.17, 15) is 4.79 Å². The van der Waals surface area contributed by atoms with Crippen molar-refractivity contribution in [3.05, 3.63) is 0 Å². The molecule has 0 atom stereocenters. The molecule has 0 aliphatic rings. The molecule has 0 aromatic heterocycles. The molecule has 90 valence electrons. The normalized spacial score (nSPS) is 10.9. The number of ether oxygens (including phenoxy) is 1. The number of unbranched alkanes of at least 4 members (excludes halogenated alkanes) is 2. The van der Waals surface area contributed by atoms with Crippen LogP contribution in [0.2, 0.25) is 0 Å². The van der Waals surface area contributed by atoms with Crippen molar-refractivity contribution in [2.24, 2.45) is 5.92 Å². The minimum absolute atomic E-state index is 0.160. The molecule has 0 saturated carbocycles. The van der Waals surface area contributed by atoms with Gasteiger partial charge in [-0.2, -0.15) is 0 Å². The third-order valence-electron chi connectivity index (χ3n) is 2.78. The maximum atomic E-state index is 10.1. The highest BCUT2D eigenvalue weighted by molar-refractivity contribution is 5.67. The van der Waals surface area contributed by atoms with Crippen LogP contribution in [0.4, 0.5) is 0 Å². The summed E-state index contributed by atoms with van der Waals surface area (Å²) in [6, 6.07) is 0. The van der Waals surface area contributed by atoms with E-state index in [0.717, 1.165) is 18.8 Å². The first-order valence-corrected chi connectivity index (χ1v) is 6.00. The summed E-state index contributed by atoms with van der Waals surface area (Å²) in [4.78, 5) is 10.1. The van der Waals surface area contributed by atoms with Gasteiger partial charge in [-0.3, -0.25) is 0 Å². The first kappa shape index (κ1) is 14.4. The summed E-state index contributed by atoms with van der Waals surface area (Å²) in [5.74, 6) is -0.0167. The summed E-state index contributed by atoms with van der Waals surface area (Å²) in [5.41, 5.74) is 0. The molecule has 0 heterocycles. The Hall–Kier alpha value is -0.570. The second-order valence-corrected chi connectivity index (χ2v) is 3.98. The number of aliphatic carboxylic acids is 1. The highest BCUT2D eigenvalue weighted by Gasteiger charge is 2.02. The maximum Gasteiger partial charge on any atom is 0.329 e.